The number of hydrogen-bond donors (Lipinski definition) is 1. The maximum Gasteiger partial charge on any atom is 0.228 e. The monoisotopic (exact) mass is 249 g/mol. The van der Waals surface area contributed by atoms with Gasteiger partial charge in [-0.25, -0.2) is 0 Å². The lowest BCUT2D eigenvalue weighted by Gasteiger charge is -2.27. The number of aliphatic hydroxyl groups is 1. The summed E-state index contributed by atoms with van der Waals surface area (Å²) in [5.74, 6) is -0.314. The van der Waals surface area contributed by atoms with E-state index >= 15 is 0 Å². The van der Waals surface area contributed by atoms with Crippen LogP contribution in [0.3, 0.4) is 0 Å². The van der Waals surface area contributed by atoms with Crippen molar-refractivity contribution in [2.24, 2.45) is 5.92 Å². The minimum absolute atomic E-state index is 0.0406. The molecule has 2 atom stereocenters. The number of nitrogens with zero attached hydrogens (tertiary/aromatic N) is 1. The van der Waals surface area contributed by atoms with Crippen LogP contribution in [0.1, 0.15) is 38.9 Å². The van der Waals surface area contributed by atoms with Crippen LogP contribution in [-0.2, 0) is 4.79 Å². The van der Waals surface area contributed by atoms with Crippen molar-refractivity contribution in [1.29, 1.82) is 0 Å². The van der Waals surface area contributed by atoms with Crippen LogP contribution in [0.15, 0.2) is 30.3 Å². The molecule has 3 nitrogen and oxygen atoms in total. The van der Waals surface area contributed by atoms with Crippen molar-refractivity contribution < 1.29 is 9.90 Å². The molecule has 100 valence electrons. The van der Waals surface area contributed by atoms with Gasteiger partial charge in [0.05, 0.1) is 12.0 Å². The molecule has 0 saturated carbocycles. The molecule has 0 heterocycles. The third-order valence-electron chi connectivity index (χ3n) is 3.35. The van der Waals surface area contributed by atoms with Crippen LogP contribution in [0, 0.1) is 5.92 Å². The Balaban J connectivity index is 2.86. The van der Waals surface area contributed by atoms with E-state index in [4.69, 9.17) is 0 Å². The second kappa shape index (κ2) is 7.17. The van der Waals surface area contributed by atoms with E-state index in [1.165, 1.54) is 0 Å². The van der Waals surface area contributed by atoms with Crippen molar-refractivity contribution in [3.8, 4) is 0 Å². The molecule has 18 heavy (non-hydrogen) atoms. The van der Waals surface area contributed by atoms with Gasteiger partial charge in [-0.05, 0) is 25.8 Å². The molecule has 3 heteroatoms. The summed E-state index contributed by atoms with van der Waals surface area (Å²) >= 11 is 0. The van der Waals surface area contributed by atoms with Crippen molar-refractivity contribution >= 4 is 5.91 Å². The van der Waals surface area contributed by atoms with E-state index < -0.39 is 6.10 Å². The van der Waals surface area contributed by atoms with E-state index in [2.05, 4.69) is 0 Å². The summed E-state index contributed by atoms with van der Waals surface area (Å²) in [5.41, 5.74) is 0.810. The van der Waals surface area contributed by atoms with Crippen LogP contribution in [0.5, 0.6) is 0 Å². The first-order chi connectivity index (χ1) is 8.65. The van der Waals surface area contributed by atoms with Crippen LogP contribution < -0.4 is 0 Å². The molecule has 0 saturated heterocycles. The van der Waals surface area contributed by atoms with E-state index in [1.54, 1.807) is 4.90 Å². The Labute approximate surface area is 109 Å². The van der Waals surface area contributed by atoms with Gasteiger partial charge in [-0.1, -0.05) is 37.3 Å². The fourth-order valence-corrected chi connectivity index (χ4v) is 2.19. The van der Waals surface area contributed by atoms with Crippen LogP contribution in [0.4, 0.5) is 0 Å². The van der Waals surface area contributed by atoms with Gasteiger partial charge >= 0.3 is 0 Å². The maximum absolute atomic E-state index is 12.3. The third-order valence-corrected chi connectivity index (χ3v) is 3.35. The van der Waals surface area contributed by atoms with E-state index in [0.717, 1.165) is 5.56 Å². The standard InChI is InChI=1S/C15H23NO2/c1-4-13(15(18)16(5-2)6-3)14(17)12-10-8-7-9-11-12/h7-11,13-14,17H,4-6H2,1-3H3/t13-,14-/m1/s1. The van der Waals surface area contributed by atoms with Crippen molar-refractivity contribution in [3.05, 3.63) is 35.9 Å². The number of carbonyl (C=O) groups excluding carboxylic acids is 1. The second-order valence-electron chi connectivity index (χ2n) is 4.38. The second-order valence-corrected chi connectivity index (χ2v) is 4.38. The lowest BCUT2D eigenvalue weighted by atomic mass is 9.92. The average Bonchev–Trinajstić information content (AvgIpc) is 2.42. The molecular weight excluding hydrogens is 226 g/mol. The van der Waals surface area contributed by atoms with Crippen LogP contribution in [0.25, 0.3) is 0 Å². The molecule has 0 spiro atoms. The summed E-state index contributed by atoms with van der Waals surface area (Å²) in [6.45, 7) is 7.24. The highest BCUT2D eigenvalue weighted by molar-refractivity contribution is 5.79. The van der Waals surface area contributed by atoms with Gasteiger partial charge in [-0.15, -0.1) is 0 Å². The highest BCUT2D eigenvalue weighted by atomic mass is 16.3. The molecule has 0 aliphatic heterocycles. The lowest BCUT2D eigenvalue weighted by Crippen LogP contribution is -2.38. The first kappa shape index (κ1) is 14.7. The quantitative estimate of drug-likeness (QED) is 0.842. The van der Waals surface area contributed by atoms with Crippen LogP contribution in [-0.4, -0.2) is 29.0 Å². The van der Waals surface area contributed by atoms with Crippen LogP contribution in [0.2, 0.25) is 0 Å². The predicted molar refractivity (Wildman–Crippen MR) is 73.1 cm³/mol. The van der Waals surface area contributed by atoms with Gasteiger partial charge in [0, 0.05) is 13.1 Å². The molecular formula is C15H23NO2. The summed E-state index contributed by atoms with van der Waals surface area (Å²) in [6, 6.07) is 9.40. The van der Waals surface area contributed by atoms with Crippen molar-refractivity contribution in [3.63, 3.8) is 0 Å². The van der Waals surface area contributed by atoms with Gasteiger partial charge in [0.15, 0.2) is 0 Å². The number of benzene rings is 1. The van der Waals surface area contributed by atoms with Crippen molar-refractivity contribution in [2.75, 3.05) is 13.1 Å². The molecule has 0 aliphatic rings. The molecule has 0 radical (unpaired) electrons. The normalized spacial score (nSPS) is 14.0. The summed E-state index contributed by atoms with van der Waals surface area (Å²) < 4.78 is 0. The molecule has 0 aromatic heterocycles. The summed E-state index contributed by atoms with van der Waals surface area (Å²) in [7, 11) is 0. The fraction of sp³-hybridized carbons (Fsp3) is 0.533. The maximum atomic E-state index is 12.3. The molecule has 0 unspecified atom stereocenters. The Hall–Kier alpha value is -1.35. The zero-order chi connectivity index (χ0) is 13.5. The minimum Gasteiger partial charge on any atom is -0.388 e. The molecule has 1 aromatic carbocycles. The molecule has 1 amide bonds. The largest absolute Gasteiger partial charge is 0.388 e. The number of amides is 1. The van der Waals surface area contributed by atoms with Gasteiger partial charge in [0.2, 0.25) is 5.91 Å². The Kier molecular flexibility index (Phi) is 5.86. The van der Waals surface area contributed by atoms with E-state index in [9.17, 15) is 9.90 Å². The lowest BCUT2D eigenvalue weighted by molar-refractivity contribution is -0.139. The molecule has 0 bridgehead atoms. The summed E-state index contributed by atoms with van der Waals surface area (Å²) in [4.78, 5) is 14.1. The first-order valence-electron chi connectivity index (χ1n) is 6.67. The Bertz CT molecular complexity index is 360. The fourth-order valence-electron chi connectivity index (χ4n) is 2.19. The van der Waals surface area contributed by atoms with Gasteiger partial charge < -0.3 is 10.0 Å². The summed E-state index contributed by atoms with van der Waals surface area (Å²) in [5, 5.41) is 10.3. The van der Waals surface area contributed by atoms with E-state index in [1.807, 2.05) is 51.1 Å². The van der Waals surface area contributed by atoms with Gasteiger partial charge in [-0.3, -0.25) is 4.79 Å². The highest BCUT2D eigenvalue weighted by Gasteiger charge is 2.28. The first-order valence-corrected chi connectivity index (χ1v) is 6.67. The van der Waals surface area contributed by atoms with Crippen LogP contribution >= 0.6 is 0 Å². The number of aliphatic hydroxyl groups excluding tert-OH is 1. The molecule has 0 aliphatic carbocycles. The third kappa shape index (κ3) is 3.33. The molecule has 1 rings (SSSR count). The predicted octanol–water partition coefficient (Wildman–Crippen LogP) is 2.61. The zero-order valence-electron chi connectivity index (χ0n) is 11.5. The number of rotatable bonds is 6. The Morgan fingerprint density at radius 1 is 1.17 bits per heavy atom. The Morgan fingerprint density at radius 2 is 1.72 bits per heavy atom. The van der Waals surface area contributed by atoms with Gasteiger partial charge in [0.1, 0.15) is 0 Å². The number of carbonyl (C=O) groups is 1. The van der Waals surface area contributed by atoms with Crippen molar-refractivity contribution in [1.82, 2.24) is 4.90 Å². The smallest absolute Gasteiger partial charge is 0.228 e. The van der Waals surface area contributed by atoms with E-state index in [0.29, 0.717) is 19.5 Å². The molecule has 0 fully saturated rings. The number of hydrogen-bond acceptors (Lipinski definition) is 2. The van der Waals surface area contributed by atoms with E-state index in [-0.39, 0.29) is 11.8 Å². The molecule has 1 aromatic rings. The van der Waals surface area contributed by atoms with Crippen molar-refractivity contribution in [2.45, 2.75) is 33.3 Å². The Morgan fingerprint density at radius 3 is 2.17 bits per heavy atom. The topological polar surface area (TPSA) is 40.5 Å². The highest BCUT2D eigenvalue weighted by Crippen LogP contribution is 2.26. The zero-order valence-corrected chi connectivity index (χ0v) is 11.5. The summed E-state index contributed by atoms with van der Waals surface area (Å²) in [6.07, 6.45) is -0.0740. The van der Waals surface area contributed by atoms with Gasteiger partial charge in [-0.2, -0.15) is 0 Å². The molecule has 1 N–H and O–H groups in total. The van der Waals surface area contributed by atoms with Gasteiger partial charge in [0.25, 0.3) is 0 Å². The average molecular weight is 249 g/mol. The SMILES string of the molecule is CC[C@@H](C(=O)N(CC)CC)[C@H](O)c1ccccc1. The minimum atomic E-state index is -0.718.